The molecule has 4 heteroatoms. The molecule has 0 rings (SSSR count). The van der Waals surface area contributed by atoms with Gasteiger partial charge in [-0.3, -0.25) is 0 Å². The Bertz CT molecular complexity index is 145. The molecule has 11 heavy (non-hydrogen) atoms. The lowest BCUT2D eigenvalue weighted by atomic mass is 10.6. The molecular weight excluding hydrogens is 166 g/mol. The Balaban J connectivity index is 0. The molecule has 1 amide bonds. The molecule has 0 saturated carbocycles. The lowest BCUT2D eigenvalue weighted by Gasteiger charge is -1.89. The molecule has 0 atom stereocenters. The van der Waals surface area contributed by atoms with Gasteiger partial charge >= 0.3 is 6.09 Å². The topological polar surface area (TPSA) is 52.3 Å². The molecule has 0 fully saturated rings. The van der Waals surface area contributed by atoms with Crippen LogP contribution in [0.5, 0.6) is 0 Å². The summed E-state index contributed by atoms with van der Waals surface area (Å²) in [5.74, 6) is 0. The molecule has 0 radical (unpaired) electrons. The van der Waals surface area contributed by atoms with Gasteiger partial charge in [-0.15, -0.1) is 0 Å². The summed E-state index contributed by atoms with van der Waals surface area (Å²) in [5.41, 5.74) is 4.54. The number of nitrogens with two attached hydrogens (primary N) is 1. The molecule has 2 N–H and O–H groups in total. The predicted octanol–water partition coefficient (Wildman–Crippen LogP) is 2.03. The van der Waals surface area contributed by atoms with E-state index in [1.807, 2.05) is 0 Å². The maximum absolute atomic E-state index is 9.60. The van der Waals surface area contributed by atoms with Crippen LogP contribution in [-0.4, -0.2) is 12.7 Å². The van der Waals surface area contributed by atoms with E-state index in [1.165, 1.54) is 6.08 Å². The van der Waals surface area contributed by atoms with Crippen molar-refractivity contribution in [1.29, 1.82) is 0 Å². The minimum Gasteiger partial charge on any atom is -0.450 e. The predicted molar refractivity (Wildman–Crippen MR) is 46.4 cm³/mol. The number of hydrogen-bond donors (Lipinski definition) is 1. The maximum atomic E-state index is 9.60. The van der Waals surface area contributed by atoms with Gasteiger partial charge in [0.05, 0.1) is 6.61 Å². The van der Waals surface area contributed by atoms with E-state index >= 15 is 0 Å². The second kappa shape index (κ2) is 9.04. The van der Waals surface area contributed by atoms with Crippen LogP contribution in [-0.2, 0) is 4.74 Å². The van der Waals surface area contributed by atoms with Crippen LogP contribution in [0.4, 0.5) is 4.79 Å². The zero-order valence-electron chi connectivity index (χ0n) is 6.47. The van der Waals surface area contributed by atoms with E-state index in [2.05, 4.69) is 23.6 Å². The van der Waals surface area contributed by atoms with Gasteiger partial charge < -0.3 is 10.5 Å². The number of carbonyl (C=O) groups excluding carboxylic acids is 1. The van der Waals surface area contributed by atoms with Crippen LogP contribution in [0, 0.1) is 0 Å². The summed E-state index contributed by atoms with van der Waals surface area (Å²) in [4.78, 5) is 9.60. The fraction of sp³-hybridized carbons (Fsp3) is 0.286. The molecule has 3 nitrogen and oxygen atoms in total. The van der Waals surface area contributed by atoms with Crippen LogP contribution in [0.2, 0.25) is 0 Å². The molecule has 0 aliphatic carbocycles. The number of hydrogen-bond acceptors (Lipinski definition) is 2. The first-order valence-electron chi connectivity index (χ1n) is 2.93. The summed E-state index contributed by atoms with van der Waals surface area (Å²) < 4.78 is 4.18. The van der Waals surface area contributed by atoms with Gasteiger partial charge in [0.2, 0.25) is 0 Å². The smallest absolute Gasteiger partial charge is 0.404 e. The number of ether oxygens (including phenoxy) is 1. The van der Waals surface area contributed by atoms with Crippen LogP contribution < -0.4 is 5.73 Å². The normalized spacial score (nSPS) is 7.09. The Hall–Kier alpha value is -0.960. The molecule has 0 aliphatic heterocycles. The molecule has 64 valence electrons. The van der Waals surface area contributed by atoms with Crippen molar-refractivity contribution in [2.24, 2.45) is 5.73 Å². The number of allylic oxidation sites excluding steroid dienone is 2. The highest BCUT2D eigenvalue weighted by Gasteiger charge is 1.82. The highest BCUT2D eigenvalue weighted by molar-refractivity contribution is 6.30. The average Bonchev–Trinajstić information content (AvgIpc) is 1.89. The Kier molecular flexibility index (Phi) is 10.4. The summed E-state index contributed by atoms with van der Waals surface area (Å²) >= 11 is 5.15. The number of amides is 1. The largest absolute Gasteiger partial charge is 0.450 e. The summed E-state index contributed by atoms with van der Waals surface area (Å²) in [7, 11) is 0. The fourth-order valence-corrected chi connectivity index (χ4v) is 0.142. The van der Waals surface area contributed by atoms with Gasteiger partial charge in [0.1, 0.15) is 0 Å². The van der Waals surface area contributed by atoms with Crippen molar-refractivity contribution < 1.29 is 9.53 Å². The Morgan fingerprint density at radius 2 is 2.18 bits per heavy atom. The lowest BCUT2D eigenvalue weighted by Crippen LogP contribution is -2.11. The van der Waals surface area contributed by atoms with E-state index in [-0.39, 0.29) is 0 Å². The van der Waals surface area contributed by atoms with Crippen molar-refractivity contribution in [3.63, 3.8) is 0 Å². The zero-order chi connectivity index (χ0) is 9.28. The van der Waals surface area contributed by atoms with Gasteiger partial charge in [-0.25, -0.2) is 4.79 Å². The van der Waals surface area contributed by atoms with Gasteiger partial charge in [0, 0.05) is 5.03 Å². The van der Waals surface area contributed by atoms with Gasteiger partial charge in [-0.05, 0) is 6.92 Å². The molecule has 0 spiro atoms. The number of halogens is 1. The zero-order valence-corrected chi connectivity index (χ0v) is 7.23. The number of carbonyl (C=O) groups is 1. The molecule has 0 aromatic heterocycles. The summed E-state index contributed by atoms with van der Waals surface area (Å²) in [6.45, 7) is 8.71. The first-order chi connectivity index (χ1) is 5.04. The van der Waals surface area contributed by atoms with Gasteiger partial charge in [0.25, 0.3) is 0 Å². The Morgan fingerprint density at radius 3 is 2.18 bits per heavy atom. The first kappa shape index (κ1) is 12.7. The third-order valence-electron chi connectivity index (χ3n) is 0.508. The van der Waals surface area contributed by atoms with Crippen molar-refractivity contribution in [3.8, 4) is 0 Å². The van der Waals surface area contributed by atoms with Crippen molar-refractivity contribution in [3.05, 3.63) is 24.3 Å². The van der Waals surface area contributed by atoms with Crippen molar-refractivity contribution in [1.82, 2.24) is 0 Å². The fourth-order valence-electron chi connectivity index (χ4n) is 0.142. The minimum atomic E-state index is -0.711. The Labute approximate surface area is 71.5 Å². The van der Waals surface area contributed by atoms with Gasteiger partial charge in [0.15, 0.2) is 0 Å². The number of primary amides is 1. The molecule has 0 saturated heterocycles. The molecule has 0 aromatic rings. The third-order valence-corrected chi connectivity index (χ3v) is 0.662. The van der Waals surface area contributed by atoms with Crippen LogP contribution >= 0.6 is 11.6 Å². The molecular formula is C7H12ClNO2. The molecule has 0 aliphatic rings. The van der Waals surface area contributed by atoms with Gasteiger partial charge in [-0.1, -0.05) is 30.8 Å². The second-order valence-electron chi connectivity index (χ2n) is 1.40. The minimum absolute atomic E-state index is 0.356. The summed E-state index contributed by atoms with van der Waals surface area (Å²) in [6.07, 6.45) is 0.777. The molecule has 0 unspecified atom stereocenters. The van der Waals surface area contributed by atoms with E-state index in [0.717, 1.165) is 0 Å². The molecule has 0 bridgehead atoms. The highest BCUT2D eigenvalue weighted by Crippen LogP contribution is 1.92. The van der Waals surface area contributed by atoms with E-state index in [9.17, 15) is 4.79 Å². The third kappa shape index (κ3) is 27.5. The molecule has 0 aromatic carbocycles. The van der Waals surface area contributed by atoms with Crippen LogP contribution in [0.25, 0.3) is 0 Å². The van der Waals surface area contributed by atoms with Crippen molar-refractivity contribution in [2.75, 3.05) is 6.61 Å². The lowest BCUT2D eigenvalue weighted by molar-refractivity contribution is 0.163. The van der Waals surface area contributed by atoms with E-state index < -0.39 is 6.09 Å². The SMILES string of the molecule is C=CC(=C)Cl.CCOC(N)=O. The summed E-state index contributed by atoms with van der Waals surface area (Å²) in [5, 5.41) is 0.491. The highest BCUT2D eigenvalue weighted by atomic mass is 35.5. The monoisotopic (exact) mass is 177 g/mol. The van der Waals surface area contributed by atoms with Crippen LogP contribution in [0.3, 0.4) is 0 Å². The number of rotatable bonds is 2. The average molecular weight is 178 g/mol. The first-order valence-corrected chi connectivity index (χ1v) is 3.31. The second-order valence-corrected chi connectivity index (χ2v) is 1.89. The quantitative estimate of drug-likeness (QED) is 0.657. The summed E-state index contributed by atoms with van der Waals surface area (Å²) in [6, 6.07) is 0. The van der Waals surface area contributed by atoms with E-state index in [0.29, 0.717) is 11.6 Å². The molecule has 0 heterocycles. The van der Waals surface area contributed by atoms with Crippen LogP contribution in [0.1, 0.15) is 6.92 Å². The van der Waals surface area contributed by atoms with E-state index in [4.69, 9.17) is 11.6 Å². The van der Waals surface area contributed by atoms with Crippen molar-refractivity contribution in [2.45, 2.75) is 6.92 Å². The van der Waals surface area contributed by atoms with Crippen LogP contribution in [0.15, 0.2) is 24.3 Å². The van der Waals surface area contributed by atoms with Crippen molar-refractivity contribution >= 4 is 17.7 Å². The Morgan fingerprint density at radius 1 is 1.82 bits per heavy atom. The maximum Gasteiger partial charge on any atom is 0.404 e. The van der Waals surface area contributed by atoms with Gasteiger partial charge in [-0.2, -0.15) is 0 Å². The standard InChI is InChI=1S/C4H5Cl.C3H7NO2/c1-3-4(2)5;1-2-6-3(4)5/h3H,1-2H2;2H2,1H3,(H2,4,5). The van der Waals surface area contributed by atoms with E-state index in [1.54, 1.807) is 6.92 Å².